The van der Waals surface area contributed by atoms with E-state index in [0.717, 1.165) is 6.92 Å². The van der Waals surface area contributed by atoms with Crippen molar-refractivity contribution in [3.05, 3.63) is 29.8 Å². The van der Waals surface area contributed by atoms with Crippen molar-refractivity contribution >= 4 is 29.1 Å². The van der Waals surface area contributed by atoms with Gasteiger partial charge >= 0.3 is 5.51 Å². The number of hydrogen-bond donors (Lipinski definition) is 1. The molecule has 0 radical (unpaired) electrons. The van der Waals surface area contributed by atoms with Gasteiger partial charge in [0.25, 0.3) is 0 Å². The van der Waals surface area contributed by atoms with E-state index in [4.69, 9.17) is 0 Å². The maximum absolute atomic E-state index is 12.3. The third-order valence-electron chi connectivity index (χ3n) is 2.26. The first-order valence-corrected chi connectivity index (χ1v) is 6.20. The molecule has 1 aromatic rings. The molecule has 104 valence electrons. The molecule has 0 aliphatic heterocycles. The van der Waals surface area contributed by atoms with Crippen LogP contribution in [0.4, 0.5) is 18.9 Å². The van der Waals surface area contributed by atoms with Crippen LogP contribution in [0.2, 0.25) is 0 Å². The van der Waals surface area contributed by atoms with Gasteiger partial charge in [-0.15, -0.1) is 0 Å². The number of thioether (sulfide) groups is 1. The zero-order valence-electron chi connectivity index (χ0n) is 10.2. The third-order valence-corrected chi connectivity index (χ3v) is 3.31. The Labute approximate surface area is 112 Å². The minimum atomic E-state index is -4.64. The molecule has 0 saturated heterocycles. The Hall–Kier alpha value is -1.50. The van der Waals surface area contributed by atoms with Crippen LogP contribution in [0.1, 0.15) is 12.5 Å². The van der Waals surface area contributed by atoms with Gasteiger partial charge in [-0.25, -0.2) is 0 Å². The number of ketones is 1. The molecule has 0 saturated carbocycles. The first-order valence-electron chi connectivity index (χ1n) is 5.32. The lowest BCUT2D eigenvalue weighted by atomic mass is 10.2. The number of hydrogen-bond acceptors (Lipinski definition) is 3. The molecule has 7 heteroatoms. The average Bonchev–Trinajstić information content (AvgIpc) is 2.27. The molecular weight excluding hydrogens is 279 g/mol. The zero-order valence-corrected chi connectivity index (χ0v) is 11.1. The van der Waals surface area contributed by atoms with Gasteiger partial charge in [-0.3, -0.25) is 9.59 Å². The summed E-state index contributed by atoms with van der Waals surface area (Å²) in [7, 11) is 0. The van der Waals surface area contributed by atoms with E-state index in [1.54, 1.807) is 31.2 Å². The molecule has 1 rings (SSSR count). The summed E-state index contributed by atoms with van der Waals surface area (Å²) in [6, 6.07) is 6.64. The van der Waals surface area contributed by atoms with E-state index >= 15 is 0 Å². The number of rotatable bonds is 4. The number of para-hydroxylation sites is 1. The summed E-state index contributed by atoms with van der Waals surface area (Å²) < 4.78 is 36.8. The normalized spacial score (nSPS) is 12.9. The van der Waals surface area contributed by atoms with E-state index in [9.17, 15) is 22.8 Å². The molecule has 19 heavy (non-hydrogen) atoms. The highest BCUT2D eigenvalue weighted by Gasteiger charge is 2.39. The van der Waals surface area contributed by atoms with Crippen molar-refractivity contribution in [1.29, 1.82) is 0 Å². The molecule has 3 nitrogen and oxygen atoms in total. The van der Waals surface area contributed by atoms with Crippen LogP contribution in [0.3, 0.4) is 0 Å². The largest absolute Gasteiger partial charge is 0.443 e. The number of amides is 1. The molecule has 1 aromatic carbocycles. The van der Waals surface area contributed by atoms with Gasteiger partial charge in [-0.05, 0) is 37.2 Å². The number of halogens is 3. The van der Waals surface area contributed by atoms with Gasteiger partial charge in [0.2, 0.25) is 5.91 Å². The van der Waals surface area contributed by atoms with E-state index in [1.807, 2.05) is 0 Å². The quantitative estimate of drug-likeness (QED) is 0.867. The van der Waals surface area contributed by atoms with Crippen LogP contribution in [0.5, 0.6) is 0 Å². The summed E-state index contributed by atoms with van der Waals surface area (Å²) in [4.78, 5) is 22.9. The number of alkyl halides is 3. The number of nitrogens with one attached hydrogen (secondary N) is 1. The maximum atomic E-state index is 12.3. The predicted octanol–water partition coefficient (Wildman–Crippen LogP) is 3.14. The highest BCUT2D eigenvalue weighted by Crippen LogP contribution is 2.34. The SMILES string of the molecule is CC(=O)C(SC(F)(F)F)C(=O)Nc1ccccc1C. The molecule has 0 aromatic heterocycles. The van der Waals surface area contributed by atoms with Crippen molar-refractivity contribution in [2.24, 2.45) is 0 Å². The van der Waals surface area contributed by atoms with Gasteiger partial charge in [0.05, 0.1) is 0 Å². The van der Waals surface area contributed by atoms with Crippen LogP contribution in [0, 0.1) is 6.92 Å². The Balaban J connectivity index is 2.84. The lowest BCUT2D eigenvalue weighted by molar-refractivity contribution is -0.124. The summed E-state index contributed by atoms with van der Waals surface area (Å²) >= 11 is -0.618. The summed E-state index contributed by atoms with van der Waals surface area (Å²) in [5.74, 6) is -1.81. The molecule has 0 spiro atoms. The number of aryl methyl sites for hydroxylation is 1. The lowest BCUT2D eigenvalue weighted by Crippen LogP contribution is -2.33. The standard InChI is InChI=1S/C12H12F3NO2S/c1-7-5-3-4-6-9(7)16-11(18)10(8(2)17)19-12(13,14)15/h3-6,10H,1-2H3,(H,16,18). The van der Waals surface area contributed by atoms with Crippen molar-refractivity contribution < 1.29 is 22.8 Å². The van der Waals surface area contributed by atoms with Crippen molar-refractivity contribution in [2.45, 2.75) is 24.6 Å². The third kappa shape index (κ3) is 4.94. The fraction of sp³-hybridized carbons (Fsp3) is 0.333. The highest BCUT2D eigenvalue weighted by molar-refractivity contribution is 8.02. The highest BCUT2D eigenvalue weighted by atomic mass is 32.2. The molecule has 0 bridgehead atoms. The second kappa shape index (κ2) is 6.10. The Morgan fingerprint density at radius 2 is 1.84 bits per heavy atom. The first-order chi connectivity index (χ1) is 8.70. The fourth-order valence-corrected chi connectivity index (χ4v) is 1.97. The van der Waals surface area contributed by atoms with Gasteiger partial charge < -0.3 is 5.32 Å². The molecule has 0 heterocycles. The van der Waals surface area contributed by atoms with Gasteiger partial charge in [0.1, 0.15) is 0 Å². The Morgan fingerprint density at radius 1 is 1.26 bits per heavy atom. The number of Topliss-reactive ketones (excluding diaryl/α,β-unsaturated/α-hetero) is 1. The second-order valence-electron chi connectivity index (χ2n) is 3.86. The monoisotopic (exact) mass is 291 g/mol. The van der Waals surface area contributed by atoms with E-state index in [0.29, 0.717) is 11.3 Å². The van der Waals surface area contributed by atoms with Crippen molar-refractivity contribution in [3.8, 4) is 0 Å². The average molecular weight is 291 g/mol. The van der Waals surface area contributed by atoms with E-state index in [2.05, 4.69) is 5.32 Å². The van der Waals surface area contributed by atoms with Gasteiger partial charge in [0, 0.05) is 5.69 Å². The van der Waals surface area contributed by atoms with Gasteiger partial charge in [-0.2, -0.15) is 13.2 Å². The Kier molecular flexibility index (Phi) is 4.99. The summed E-state index contributed by atoms with van der Waals surface area (Å²) in [5, 5.41) is 0.542. The number of anilines is 1. The van der Waals surface area contributed by atoms with Gasteiger partial charge in [-0.1, -0.05) is 18.2 Å². The van der Waals surface area contributed by atoms with Gasteiger partial charge in [0.15, 0.2) is 11.0 Å². The summed E-state index contributed by atoms with van der Waals surface area (Å²) in [6.07, 6.45) is 0. The molecular formula is C12H12F3NO2S. The Morgan fingerprint density at radius 3 is 2.32 bits per heavy atom. The summed E-state index contributed by atoms with van der Waals surface area (Å²) in [5.41, 5.74) is -3.55. The van der Waals surface area contributed by atoms with Crippen LogP contribution in [-0.2, 0) is 9.59 Å². The lowest BCUT2D eigenvalue weighted by Gasteiger charge is -2.16. The molecule has 1 N–H and O–H groups in total. The van der Waals surface area contributed by atoms with Crippen molar-refractivity contribution in [1.82, 2.24) is 0 Å². The van der Waals surface area contributed by atoms with Crippen LogP contribution >= 0.6 is 11.8 Å². The van der Waals surface area contributed by atoms with Crippen LogP contribution in [-0.4, -0.2) is 22.4 Å². The molecule has 1 atom stereocenters. The topological polar surface area (TPSA) is 46.2 Å². The van der Waals surface area contributed by atoms with Crippen molar-refractivity contribution in [2.75, 3.05) is 5.32 Å². The number of carbonyl (C=O) groups is 2. The summed E-state index contributed by atoms with van der Waals surface area (Å²) in [6.45, 7) is 2.66. The van der Waals surface area contributed by atoms with E-state index < -0.39 is 34.2 Å². The smallest absolute Gasteiger partial charge is 0.324 e. The molecule has 0 fully saturated rings. The molecule has 0 aliphatic rings. The number of carbonyl (C=O) groups excluding carboxylic acids is 2. The molecule has 1 unspecified atom stereocenters. The van der Waals surface area contributed by atoms with Crippen LogP contribution in [0.25, 0.3) is 0 Å². The van der Waals surface area contributed by atoms with Crippen LogP contribution < -0.4 is 5.32 Å². The first kappa shape index (κ1) is 15.6. The van der Waals surface area contributed by atoms with E-state index in [-0.39, 0.29) is 0 Å². The Bertz CT molecular complexity index is 488. The number of benzene rings is 1. The maximum Gasteiger partial charge on any atom is 0.443 e. The zero-order chi connectivity index (χ0) is 14.6. The molecule has 0 aliphatic carbocycles. The predicted molar refractivity (Wildman–Crippen MR) is 67.9 cm³/mol. The minimum absolute atomic E-state index is 0.390. The second-order valence-corrected chi connectivity index (χ2v) is 5.03. The van der Waals surface area contributed by atoms with Crippen molar-refractivity contribution in [3.63, 3.8) is 0 Å². The van der Waals surface area contributed by atoms with Crippen LogP contribution in [0.15, 0.2) is 24.3 Å². The fourth-order valence-electron chi connectivity index (χ4n) is 1.37. The van der Waals surface area contributed by atoms with E-state index in [1.165, 1.54) is 0 Å². The molecule has 1 amide bonds. The minimum Gasteiger partial charge on any atom is -0.324 e.